The highest BCUT2D eigenvalue weighted by atomic mass is 16.6. The SMILES string of the molecule is O[C@@H]1[C@@H]2O[C@@H]2c2cc3c4ccccc4c4ccccc4c3cc2[C@H]1O. The summed E-state index contributed by atoms with van der Waals surface area (Å²) in [6.45, 7) is 0. The largest absolute Gasteiger partial charge is 0.387 e. The minimum atomic E-state index is -0.895. The Morgan fingerprint density at radius 1 is 0.640 bits per heavy atom. The Morgan fingerprint density at radius 3 is 1.68 bits per heavy atom. The number of hydrogen-bond acceptors (Lipinski definition) is 3. The third kappa shape index (κ3) is 1.70. The molecule has 25 heavy (non-hydrogen) atoms. The van der Waals surface area contributed by atoms with E-state index >= 15 is 0 Å². The lowest BCUT2D eigenvalue weighted by Crippen LogP contribution is -2.28. The van der Waals surface area contributed by atoms with Crippen LogP contribution in [0.5, 0.6) is 0 Å². The van der Waals surface area contributed by atoms with Crippen LogP contribution in [0.2, 0.25) is 0 Å². The molecule has 1 aliphatic carbocycles. The molecule has 0 saturated carbocycles. The molecule has 2 aliphatic rings. The minimum Gasteiger partial charge on any atom is -0.387 e. The first-order chi connectivity index (χ1) is 12.2. The molecule has 3 heteroatoms. The van der Waals surface area contributed by atoms with Crippen LogP contribution in [-0.2, 0) is 4.74 Å². The van der Waals surface area contributed by atoms with Crippen LogP contribution in [0.15, 0.2) is 60.7 Å². The van der Waals surface area contributed by atoms with Gasteiger partial charge in [-0.1, -0.05) is 48.5 Å². The summed E-state index contributed by atoms with van der Waals surface area (Å²) in [5, 5.41) is 27.8. The summed E-state index contributed by atoms with van der Waals surface area (Å²) in [6.07, 6.45) is -2.11. The first kappa shape index (κ1) is 13.8. The topological polar surface area (TPSA) is 53.0 Å². The van der Waals surface area contributed by atoms with Gasteiger partial charge >= 0.3 is 0 Å². The zero-order valence-electron chi connectivity index (χ0n) is 13.4. The molecule has 2 N–H and O–H groups in total. The van der Waals surface area contributed by atoms with Crippen LogP contribution < -0.4 is 0 Å². The standard InChI is InChI=1S/C22H16O3/c23-19-17-9-15-13-7-3-1-5-11(13)12-6-2-4-8-14(12)16(15)10-18(17)21-22(25-21)20(19)24/h1-10,19-24H/t19-,20+,21-,22+/m1/s1. The van der Waals surface area contributed by atoms with E-state index in [4.69, 9.17) is 4.74 Å². The van der Waals surface area contributed by atoms with Crippen molar-refractivity contribution < 1.29 is 14.9 Å². The van der Waals surface area contributed by atoms with Crippen molar-refractivity contribution in [3.8, 4) is 0 Å². The van der Waals surface area contributed by atoms with E-state index in [9.17, 15) is 10.2 Å². The molecule has 4 atom stereocenters. The number of rotatable bonds is 0. The van der Waals surface area contributed by atoms with Crippen LogP contribution in [0.3, 0.4) is 0 Å². The van der Waals surface area contributed by atoms with E-state index in [-0.39, 0.29) is 12.2 Å². The van der Waals surface area contributed by atoms with Gasteiger partial charge in [-0.2, -0.15) is 0 Å². The lowest BCUT2D eigenvalue weighted by Gasteiger charge is -2.24. The Balaban J connectivity index is 1.83. The number of epoxide rings is 1. The van der Waals surface area contributed by atoms with E-state index in [1.807, 2.05) is 12.1 Å². The zero-order valence-corrected chi connectivity index (χ0v) is 13.4. The molecule has 1 aliphatic heterocycles. The molecule has 1 fully saturated rings. The summed E-state index contributed by atoms with van der Waals surface area (Å²) in [4.78, 5) is 0. The molecule has 0 spiro atoms. The molecule has 1 saturated heterocycles. The van der Waals surface area contributed by atoms with Gasteiger partial charge in [0.2, 0.25) is 0 Å². The fourth-order valence-corrected chi connectivity index (χ4v) is 4.48. The van der Waals surface area contributed by atoms with Gasteiger partial charge in [0, 0.05) is 0 Å². The fourth-order valence-electron chi connectivity index (χ4n) is 4.48. The van der Waals surface area contributed by atoms with E-state index in [1.165, 1.54) is 26.9 Å². The summed E-state index contributed by atoms with van der Waals surface area (Å²) in [6, 6.07) is 21.0. The van der Waals surface area contributed by atoms with Crippen molar-refractivity contribution in [2.24, 2.45) is 0 Å². The summed E-state index contributed by atoms with van der Waals surface area (Å²) >= 11 is 0. The molecule has 0 unspecified atom stereocenters. The van der Waals surface area contributed by atoms with Crippen LogP contribution >= 0.6 is 0 Å². The number of fused-ring (bicyclic) bond motifs is 9. The predicted molar refractivity (Wildman–Crippen MR) is 97.5 cm³/mol. The van der Waals surface area contributed by atoms with Crippen molar-refractivity contribution in [1.29, 1.82) is 0 Å². The lowest BCUT2D eigenvalue weighted by molar-refractivity contribution is 0.0000759. The highest BCUT2D eigenvalue weighted by Gasteiger charge is 2.53. The maximum atomic E-state index is 10.5. The second-order valence-electron chi connectivity index (χ2n) is 7.07. The summed E-state index contributed by atoms with van der Waals surface area (Å²) in [5.41, 5.74) is 1.80. The highest BCUT2D eigenvalue weighted by Crippen LogP contribution is 2.52. The van der Waals surface area contributed by atoms with Gasteiger partial charge in [-0.25, -0.2) is 0 Å². The molecular formula is C22H16O3. The summed E-state index contributed by atoms with van der Waals surface area (Å²) < 4.78 is 5.63. The monoisotopic (exact) mass is 328 g/mol. The van der Waals surface area contributed by atoms with Crippen molar-refractivity contribution >= 4 is 32.3 Å². The van der Waals surface area contributed by atoms with Gasteiger partial charge in [0.05, 0.1) is 0 Å². The summed E-state index contributed by atoms with van der Waals surface area (Å²) in [5.74, 6) is 0. The van der Waals surface area contributed by atoms with E-state index in [2.05, 4.69) is 48.5 Å². The molecule has 0 amide bonds. The van der Waals surface area contributed by atoms with Gasteiger partial charge in [0.25, 0.3) is 0 Å². The third-order valence-corrected chi connectivity index (χ3v) is 5.76. The van der Waals surface area contributed by atoms with E-state index in [0.717, 1.165) is 16.5 Å². The average Bonchev–Trinajstić information content (AvgIpc) is 3.46. The van der Waals surface area contributed by atoms with Crippen molar-refractivity contribution in [2.75, 3.05) is 0 Å². The van der Waals surface area contributed by atoms with Gasteiger partial charge in [-0.3, -0.25) is 0 Å². The number of ether oxygens (including phenoxy) is 1. The molecule has 4 aromatic rings. The molecule has 6 rings (SSSR count). The minimum absolute atomic E-state index is 0.0944. The van der Waals surface area contributed by atoms with E-state index < -0.39 is 12.2 Å². The molecule has 3 nitrogen and oxygen atoms in total. The third-order valence-electron chi connectivity index (χ3n) is 5.76. The van der Waals surface area contributed by atoms with Crippen molar-refractivity contribution in [3.63, 3.8) is 0 Å². The van der Waals surface area contributed by atoms with Gasteiger partial charge < -0.3 is 14.9 Å². The Morgan fingerprint density at radius 2 is 1.12 bits per heavy atom. The lowest BCUT2D eigenvalue weighted by atomic mass is 9.83. The fraction of sp³-hybridized carbons (Fsp3) is 0.182. The van der Waals surface area contributed by atoms with E-state index in [0.29, 0.717) is 0 Å². The maximum absolute atomic E-state index is 10.5. The number of benzene rings is 4. The first-order valence-electron chi connectivity index (χ1n) is 8.62. The Labute approximate surface area is 144 Å². The number of hydrogen-bond donors (Lipinski definition) is 2. The first-order valence-corrected chi connectivity index (χ1v) is 8.62. The van der Waals surface area contributed by atoms with E-state index in [1.54, 1.807) is 0 Å². The smallest absolute Gasteiger partial charge is 0.118 e. The van der Waals surface area contributed by atoms with Crippen molar-refractivity contribution in [1.82, 2.24) is 0 Å². The molecule has 0 aromatic heterocycles. The normalized spacial score (nSPS) is 27.4. The quantitative estimate of drug-likeness (QED) is 0.379. The molecule has 122 valence electrons. The Hall–Kier alpha value is -2.46. The zero-order chi connectivity index (χ0) is 16.7. The summed E-state index contributed by atoms with van der Waals surface area (Å²) in [7, 11) is 0. The van der Waals surface area contributed by atoms with Crippen LogP contribution in [0.25, 0.3) is 32.3 Å². The average molecular weight is 328 g/mol. The van der Waals surface area contributed by atoms with Crippen LogP contribution in [0.1, 0.15) is 23.3 Å². The molecule has 1 heterocycles. The highest BCUT2D eigenvalue weighted by molar-refractivity contribution is 6.25. The Kier molecular flexibility index (Phi) is 2.53. The Bertz CT molecular complexity index is 1180. The second kappa shape index (κ2) is 4.58. The molecule has 0 bridgehead atoms. The number of aliphatic hydroxyl groups excluding tert-OH is 2. The van der Waals surface area contributed by atoms with Gasteiger partial charge in [-0.15, -0.1) is 0 Å². The molecule has 0 radical (unpaired) electrons. The van der Waals surface area contributed by atoms with Crippen LogP contribution in [0.4, 0.5) is 0 Å². The van der Waals surface area contributed by atoms with Gasteiger partial charge in [-0.05, 0) is 55.6 Å². The number of aliphatic hydroxyl groups is 2. The van der Waals surface area contributed by atoms with Crippen LogP contribution in [0, 0.1) is 0 Å². The van der Waals surface area contributed by atoms with Gasteiger partial charge in [0.15, 0.2) is 0 Å². The molecule has 4 aromatic carbocycles. The maximum Gasteiger partial charge on any atom is 0.118 e. The van der Waals surface area contributed by atoms with Gasteiger partial charge in [0.1, 0.15) is 24.4 Å². The predicted octanol–water partition coefficient (Wildman–Crippen LogP) is 3.99. The second-order valence-corrected chi connectivity index (χ2v) is 7.07. The van der Waals surface area contributed by atoms with Crippen LogP contribution in [-0.4, -0.2) is 22.4 Å². The van der Waals surface area contributed by atoms with Crippen molar-refractivity contribution in [2.45, 2.75) is 24.4 Å². The van der Waals surface area contributed by atoms with Crippen molar-refractivity contribution in [3.05, 3.63) is 71.8 Å². The molecular weight excluding hydrogens is 312 g/mol.